The van der Waals surface area contributed by atoms with E-state index in [0.717, 1.165) is 5.56 Å². The number of para-hydroxylation sites is 1. The SMILES string of the molecule is C=CCc1ccccc1OC1OC2COC(c3ccc(OC)c(OC)c3)OC2C(OCC(=O)O)C1NC(C)=O. The van der Waals surface area contributed by atoms with Gasteiger partial charge in [0, 0.05) is 12.5 Å². The number of methoxy groups -OCH3 is 2. The number of ether oxygens (including phenoxy) is 7. The van der Waals surface area contributed by atoms with Crippen molar-refractivity contribution in [3.05, 3.63) is 66.2 Å². The van der Waals surface area contributed by atoms with Crippen LogP contribution in [0.4, 0.5) is 0 Å². The van der Waals surface area contributed by atoms with E-state index < -0.39 is 49.5 Å². The minimum absolute atomic E-state index is 0.0948. The first-order valence-electron chi connectivity index (χ1n) is 12.4. The van der Waals surface area contributed by atoms with Crippen LogP contribution in [0, 0.1) is 0 Å². The lowest BCUT2D eigenvalue weighted by atomic mass is 9.95. The molecule has 11 heteroatoms. The third-order valence-electron chi connectivity index (χ3n) is 6.37. The Labute approximate surface area is 226 Å². The van der Waals surface area contributed by atoms with Crippen molar-refractivity contribution < 1.29 is 47.9 Å². The van der Waals surface area contributed by atoms with Crippen molar-refractivity contribution in [2.75, 3.05) is 27.4 Å². The van der Waals surface area contributed by atoms with Crippen LogP contribution in [0.1, 0.15) is 24.3 Å². The Kier molecular flexibility index (Phi) is 9.41. The predicted octanol–water partition coefficient (Wildman–Crippen LogP) is 2.62. The van der Waals surface area contributed by atoms with Crippen LogP contribution in [0.5, 0.6) is 17.2 Å². The molecular weight excluding hydrogens is 510 g/mol. The molecule has 0 saturated carbocycles. The molecule has 2 saturated heterocycles. The highest BCUT2D eigenvalue weighted by molar-refractivity contribution is 5.73. The molecule has 0 aliphatic carbocycles. The number of allylic oxidation sites excluding steroid dienone is 1. The number of rotatable bonds is 11. The van der Waals surface area contributed by atoms with Crippen molar-refractivity contribution in [2.24, 2.45) is 0 Å². The van der Waals surface area contributed by atoms with Gasteiger partial charge in [-0.3, -0.25) is 4.79 Å². The van der Waals surface area contributed by atoms with Crippen molar-refractivity contribution in [1.82, 2.24) is 5.32 Å². The Morgan fingerprint density at radius 3 is 2.56 bits per heavy atom. The highest BCUT2D eigenvalue weighted by Crippen LogP contribution is 2.38. The van der Waals surface area contributed by atoms with Crippen LogP contribution in [0.3, 0.4) is 0 Å². The lowest BCUT2D eigenvalue weighted by Gasteiger charge is -2.49. The van der Waals surface area contributed by atoms with Crippen LogP contribution in [0.25, 0.3) is 0 Å². The van der Waals surface area contributed by atoms with Crippen LogP contribution in [0.15, 0.2) is 55.1 Å². The Morgan fingerprint density at radius 1 is 1.10 bits per heavy atom. The van der Waals surface area contributed by atoms with E-state index in [1.54, 1.807) is 30.3 Å². The van der Waals surface area contributed by atoms with Gasteiger partial charge in [0.05, 0.1) is 20.8 Å². The number of nitrogens with one attached hydrogen (secondary N) is 1. The molecule has 11 nitrogen and oxygen atoms in total. The Morgan fingerprint density at radius 2 is 1.87 bits per heavy atom. The largest absolute Gasteiger partial charge is 0.493 e. The third kappa shape index (κ3) is 6.69. The number of carboxylic acid groups (broad SMARTS) is 1. The second kappa shape index (κ2) is 12.9. The van der Waals surface area contributed by atoms with E-state index in [1.807, 2.05) is 18.2 Å². The van der Waals surface area contributed by atoms with Crippen molar-refractivity contribution in [1.29, 1.82) is 0 Å². The van der Waals surface area contributed by atoms with E-state index in [4.69, 9.17) is 33.2 Å². The van der Waals surface area contributed by atoms with E-state index in [9.17, 15) is 14.7 Å². The van der Waals surface area contributed by atoms with Gasteiger partial charge in [-0.05, 0) is 30.2 Å². The summed E-state index contributed by atoms with van der Waals surface area (Å²) in [5.41, 5.74) is 1.52. The molecule has 0 bridgehead atoms. The smallest absolute Gasteiger partial charge is 0.329 e. The van der Waals surface area contributed by atoms with Gasteiger partial charge in [0.1, 0.15) is 36.7 Å². The van der Waals surface area contributed by atoms with Crippen molar-refractivity contribution >= 4 is 11.9 Å². The molecule has 0 radical (unpaired) electrons. The fourth-order valence-electron chi connectivity index (χ4n) is 4.66. The molecular formula is C28H33NO10. The predicted molar refractivity (Wildman–Crippen MR) is 138 cm³/mol. The maximum absolute atomic E-state index is 12.2. The molecule has 39 heavy (non-hydrogen) atoms. The first-order valence-corrected chi connectivity index (χ1v) is 12.4. The number of carbonyl (C=O) groups excluding carboxylic acids is 1. The molecule has 2 aromatic rings. The average molecular weight is 544 g/mol. The Bertz CT molecular complexity index is 1170. The third-order valence-corrected chi connectivity index (χ3v) is 6.37. The molecule has 2 heterocycles. The molecule has 4 rings (SSSR count). The summed E-state index contributed by atoms with van der Waals surface area (Å²) < 4.78 is 41.3. The second-order valence-electron chi connectivity index (χ2n) is 9.04. The maximum Gasteiger partial charge on any atom is 0.329 e. The van der Waals surface area contributed by atoms with Crippen LogP contribution in [-0.2, 0) is 35.0 Å². The lowest BCUT2D eigenvalue weighted by molar-refractivity contribution is -0.337. The molecule has 0 spiro atoms. The van der Waals surface area contributed by atoms with Gasteiger partial charge in [-0.15, -0.1) is 6.58 Å². The highest BCUT2D eigenvalue weighted by atomic mass is 16.8. The van der Waals surface area contributed by atoms with Gasteiger partial charge in [-0.25, -0.2) is 4.79 Å². The summed E-state index contributed by atoms with van der Waals surface area (Å²) in [6, 6.07) is 11.7. The summed E-state index contributed by atoms with van der Waals surface area (Å²) in [4.78, 5) is 23.7. The van der Waals surface area contributed by atoms with Gasteiger partial charge in [-0.2, -0.15) is 0 Å². The van der Waals surface area contributed by atoms with E-state index in [-0.39, 0.29) is 12.5 Å². The summed E-state index contributed by atoms with van der Waals surface area (Å²) in [5.74, 6) is 0.0279. The molecule has 2 aliphatic rings. The zero-order chi connectivity index (χ0) is 27.9. The molecule has 2 fully saturated rings. The fourth-order valence-corrected chi connectivity index (χ4v) is 4.66. The fraction of sp³-hybridized carbons (Fsp3) is 0.429. The number of benzene rings is 2. The molecule has 6 atom stereocenters. The van der Waals surface area contributed by atoms with E-state index in [1.165, 1.54) is 21.1 Å². The van der Waals surface area contributed by atoms with Gasteiger partial charge >= 0.3 is 5.97 Å². The maximum atomic E-state index is 12.2. The summed E-state index contributed by atoms with van der Waals surface area (Å²) in [7, 11) is 3.06. The van der Waals surface area contributed by atoms with E-state index >= 15 is 0 Å². The monoisotopic (exact) mass is 543 g/mol. The lowest BCUT2D eigenvalue weighted by Crippen LogP contribution is -2.68. The minimum Gasteiger partial charge on any atom is -0.493 e. The average Bonchev–Trinajstić information content (AvgIpc) is 2.93. The van der Waals surface area contributed by atoms with Crippen molar-refractivity contribution in [2.45, 2.75) is 50.3 Å². The number of amides is 1. The minimum atomic E-state index is -1.17. The van der Waals surface area contributed by atoms with Crippen LogP contribution in [-0.4, -0.2) is 75.1 Å². The summed E-state index contributed by atoms with van der Waals surface area (Å²) in [5, 5.41) is 12.2. The molecule has 2 N–H and O–H groups in total. The standard InChI is InChI=1S/C28H33NO10/c1-5-8-17-9-6-7-10-19(17)37-28-24(29-16(2)30)26(35-15-23(31)32)25-22(38-28)14-36-27(39-25)18-11-12-20(33-3)21(13-18)34-4/h5-7,9-13,22,24-28H,1,8,14-15H2,2-4H3,(H,29,30)(H,31,32). The van der Waals surface area contributed by atoms with Crippen LogP contribution in [0.2, 0.25) is 0 Å². The summed E-state index contributed by atoms with van der Waals surface area (Å²) in [6.07, 6.45) is -1.97. The number of aliphatic carboxylic acids is 1. The van der Waals surface area contributed by atoms with Gasteiger partial charge in [0.2, 0.25) is 12.2 Å². The molecule has 2 aromatic carbocycles. The molecule has 1 amide bonds. The van der Waals surface area contributed by atoms with Gasteiger partial charge < -0.3 is 43.6 Å². The van der Waals surface area contributed by atoms with Crippen LogP contribution < -0.4 is 19.5 Å². The molecule has 6 unspecified atom stereocenters. The number of carbonyl (C=O) groups is 2. The Balaban J connectivity index is 1.64. The zero-order valence-electron chi connectivity index (χ0n) is 22.0. The molecule has 0 aromatic heterocycles. The zero-order valence-corrected chi connectivity index (χ0v) is 22.0. The summed E-state index contributed by atoms with van der Waals surface area (Å²) in [6.45, 7) is 4.62. The number of hydrogen-bond donors (Lipinski definition) is 2. The Hall–Kier alpha value is -3.64. The normalized spacial score (nSPS) is 26.1. The number of fused-ring (bicyclic) bond motifs is 1. The number of carboxylic acids is 1. The second-order valence-corrected chi connectivity index (χ2v) is 9.04. The summed E-state index contributed by atoms with van der Waals surface area (Å²) >= 11 is 0. The van der Waals surface area contributed by atoms with E-state index in [0.29, 0.717) is 29.2 Å². The number of hydrogen-bond acceptors (Lipinski definition) is 9. The van der Waals surface area contributed by atoms with Gasteiger partial charge in [0.15, 0.2) is 17.8 Å². The quantitative estimate of drug-likeness (QED) is 0.408. The van der Waals surface area contributed by atoms with Gasteiger partial charge in [0.25, 0.3) is 0 Å². The van der Waals surface area contributed by atoms with Gasteiger partial charge in [-0.1, -0.05) is 30.3 Å². The van der Waals surface area contributed by atoms with Crippen LogP contribution >= 0.6 is 0 Å². The van der Waals surface area contributed by atoms with Crippen molar-refractivity contribution in [3.63, 3.8) is 0 Å². The molecule has 210 valence electrons. The molecule has 2 aliphatic heterocycles. The first-order chi connectivity index (χ1) is 18.8. The van der Waals surface area contributed by atoms with Crippen molar-refractivity contribution in [3.8, 4) is 17.2 Å². The first kappa shape index (κ1) is 28.4. The van der Waals surface area contributed by atoms with E-state index in [2.05, 4.69) is 11.9 Å². The topological polar surface area (TPSA) is 131 Å². The highest BCUT2D eigenvalue weighted by Gasteiger charge is 2.52.